The molecule has 0 aliphatic rings. The minimum absolute atomic E-state index is 0.0295. The number of nitrogens with one attached hydrogen (secondary N) is 3. The van der Waals surface area contributed by atoms with Gasteiger partial charge in [0.05, 0.1) is 6.10 Å². The average Bonchev–Trinajstić information content (AvgIpc) is 2.74. The van der Waals surface area contributed by atoms with Crippen LogP contribution in [-0.2, 0) is 19.2 Å². The Labute approximate surface area is 196 Å². The van der Waals surface area contributed by atoms with Crippen LogP contribution in [0.2, 0.25) is 0 Å². The van der Waals surface area contributed by atoms with E-state index < -0.39 is 54.0 Å². The van der Waals surface area contributed by atoms with Crippen molar-refractivity contribution in [3.05, 3.63) is 0 Å². The summed E-state index contributed by atoms with van der Waals surface area (Å²) in [5, 5.41) is 26.8. The molecule has 0 aromatic heterocycles. The Morgan fingerprint density at radius 2 is 1.42 bits per heavy atom. The molecule has 6 atom stereocenters. The van der Waals surface area contributed by atoms with Gasteiger partial charge in [-0.1, -0.05) is 34.1 Å². The second kappa shape index (κ2) is 15.6. The predicted octanol–water partition coefficient (Wildman–Crippen LogP) is -0.545. The topological polar surface area (TPSA) is 197 Å². The van der Waals surface area contributed by atoms with Gasteiger partial charge in [0.25, 0.3) is 0 Å². The van der Waals surface area contributed by atoms with Gasteiger partial charge in [0.1, 0.15) is 24.2 Å². The summed E-state index contributed by atoms with van der Waals surface area (Å²) in [5.74, 6) is -3.29. The van der Waals surface area contributed by atoms with E-state index >= 15 is 0 Å². The summed E-state index contributed by atoms with van der Waals surface area (Å²) >= 11 is 0. The number of unbranched alkanes of at least 4 members (excludes halogenated alkanes) is 1. The smallest absolute Gasteiger partial charge is 0.326 e. The zero-order valence-corrected chi connectivity index (χ0v) is 20.5. The highest BCUT2D eigenvalue weighted by Gasteiger charge is 2.32. The van der Waals surface area contributed by atoms with Crippen molar-refractivity contribution in [2.45, 2.75) is 97.0 Å². The number of carbonyl (C=O) groups excluding carboxylic acids is 3. The van der Waals surface area contributed by atoms with Crippen molar-refractivity contribution in [3.8, 4) is 0 Å². The Morgan fingerprint density at radius 3 is 1.88 bits per heavy atom. The van der Waals surface area contributed by atoms with Gasteiger partial charge in [-0.2, -0.15) is 0 Å². The number of nitrogens with two attached hydrogens (primary N) is 2. The molecule has 0 bridgehead atoms. The average molecular weight is 474 g/mol. The zero-order valence-electron chi connectivity index (χ0n) is 20.5. The van der Waals surface area contributed by atoms with Gasteiger partial charge in [0.15, 0.2) is 0 Å². The van der Waals surface area contributed by atoms with Crippen LogP contribution in [0.25, 0.3) is 0 Å². The summed E-state index contributed by atoms with van der Waals surface area (Å²) in [6.07, 6.45) is 1.17. The van der Waals surface area contributed by atoms with E-state index in [-0.39, 0.29) is 24.7 Å². The number of amides is 3. The zero-order chi connectivity index (χ0) is 25.7. The largest absolute Gasteiger partial charge is 0.480 e. The van der Waals surface area contributed by atoms with Crippen molar-refractivity contribution in [1.82, 2.24) is 16.0 Å². The van der Waals surface area contributed by atoms with Gasteiger partial charge in [0.2, 0.25) is 17.7 Å². The van der Waals surface area contributed by atoms with Crippen molar-refractivity contribution >= 4 is 23.7 Å². The van der Waals surface area contributed by atoms with E-state index in [0.717, 1.165) is 0 Å². The fraction of sp³-hybridized carbons (Fsp3) is 0.818. The molecule has 33 heavy (non-hydrogen) atoms. The third-order valence-corrected chi connectivity index (χ3v) is 5.52. The number of carboxylic acid groups (broad SMARTS) is 1. The quantitative estimate of drug-likeness (QED) is 0.145. The van der Waals surface area contributed by atoms with Gasteiger partial charge < -0.3 is 37.6 Å². The van der Waals surface area contributed by atoms with Gasteiger partial charge in [-0.15, -0.1) is 0 Å². The van der Waals surface area contributed by atoms with Crippen LogP contribution in [0.15, 0.2) is 0 Å². The van der Waals surface area contributed by atoms with Gasteiger partial charge in [-0.25, -0.2) is 4.79 Å². The van der Waals surface area contributed by atoms with E-state index in [9.17, 15) is 29.4 Å². The number of rotatable bonds is 16. The minimum Gasteiger partial charge on any atom is -0.480 e. The number of carbonyl (C=O) groups is 4. The van der Waals surface area contributed by atoms with E-state index in [2.05, 4.69) is 16.0 Å². The summed E-state index contributed by atoms with van der Waals surface area (Å²) < 4.78 is 0. The molecule has 6 unspecified atom stereocenters. The van der Waals surface area contributed by atoms with Gasteiger partial charge in [-0.3, -0.25) is 14.4 Å². The second-order valence-corrected chi connectivity index (χ2v) is 9.01. The molecule has 0 saturated carbocycles. The molecule has 0 aliphatic heterocycles. The molecule has 192 valence electrons. The molecule has 0 radical (unpaired) electrons. The third-order valence-electron chi connectivity index (χ3n) is 5.52. The summed E-state index contributed by atoms with van der Waals surface area (Å²) in [6, 6.07) is -4.27. The number of hydrogen-bond acceptors (Lipinski definition) is 7. The molecule has 9 N–H and O–H groups in total. The van der Waals surface area contributed by atoms with Crippen LogP contribution in [0.1, 0.15) is 66.7 Å². The van der Waals surface area contributed by atoms with Crippen molar-refractivity contribution in [2.75, 3.05) is 6.54 Å². The molecule has 11 nitrogen and oxygen atoms in total. The number of aliphatic hydroxyl groups is 1. The molecular formula is C22H43N5O6. The Morgan fingerprint density at radius 1 is 0.879 bits per heavy atom. The molecule has 0 saturated heterocycles. The highest BCUT2D eigenvalue weighted by molar-refractivity contribution is 5.94. The SMILES string of the molecule is CCC(C)C(NC(=O)C(CC(C)C)NC(=O)C(CCCCN)NC(=O)C(N)C(C)O)C(=O)O. The number of aliphatic carboxylic acids is 1. The van der Waals surface area contributed by atoms with Crippen LogP contribution in [0.3, 0.4) is 0 Å². The van der Waals surface area contributed by atoms with E-state index in [1.54, 1.807) is 6.92 Å². The minimum atomic E-state index is -1.21. The summed E-state index contributed by atoms with van der Waals surface area (Å²) in [6.45, 7) is 9.08. The Bertz CT molecular complexity index is 643. The van der Waals surface area contributed by atoms with Crippen molar-refractivity contribution < 1.29 is 29.4 Å². The number of aliphatic hydroxyl groups excluding tert-OH is 1. The second-order valence-electron chi connectivity index (χ2n) is 9.01. The lowest BCUT2D eigenvalue weighted by atomic mass is 9.97. The van der Waals surface area contributed by atoms with Crippen LogP contribution in [0, 0.1) is 11.8 Å². The molecule has 11 heteroatoms. The van der Waals surface area contributed by atoms with Crippen LogP contribution in [-0.4, -0.2) is 70.7 Å². The van der Waals surface area contributed by atoms with Crippen LogP contribution < -0.4 is 27.4 Å². The van der Waals surface area contributed by atoms with E-state index in [1.165, 1.54) is 6.92 Å². The number of hydrogen-bond donors (Lipinski definition) is 7. The van der Waals surface area contributed by atoms with Gasteiger partial charge in [-0.05, 0) is 51.0 Å². The fourth-order valence-electron chi connectivity index (χ4n) is 3.16. The first-order chi connectivity index (χ1) is 15.3. The summed E-state index contributed by atoms with van der Waals surface area (Å²) in [7, 11) is 0. The number of carboxylic acids is 1. The molecule has 0 rings (SSSR count). The lowest BCUT2D eigenvalue weighted by molar-refractivity contribution is -0.144. The first-order valence-corrected chi connectivity index (χ1v) is 11.6. The predicted molar refractivity (Wildman–Crippen MR) is 125 cm³/mol. The highest BCUT2D eigenvalue weighted by Crippen LogP contribution is 2.11. The normalized spacial score (nSPS) is 16.8. The molecule has 0 heterocycles. The maximum atomic E-state index is 13.0. The summed E-state index contributed by atoms with van der Waals surface area (Å²) in [4.78, 5) is 49.8. The maximum absolute atomic E-state index is 13.0. The lowest BCUT2D eigenvalue weighted by Gasteiger charge is -2.27. The highest BCUT2D eigenvalue weighted by atomic mass is 16.4. The standard InChI is InChI=1S/C22H43N5O6/c1-6-13(4)18(22(32)33)27-20(30)16(11-12(2)3)26-19(29)15(9-7-8-10-23)25-21(31)17(24)14(5)28/h12-18,28H,6-11,23-24H2,1-5H3,(H,25,31)(H,26,29)(H,27,30)(H,32,33). The van der Waals surface area contributed by atoms with Crippen molar-refractivity contribution in [3.63, 3.8) is 0 Å². The molecule has 0 aliphatic carbocycles. The molecule has 0 aromatic carbocycles. The monoisotopic (exact) mass is 473 g/mol. The first-order valence-electron chi connectivity index (χ1n) is 11.6. The van der Waals surface area contributed by atoms with Crippen LogP contribution in [0.4, 0.5) is 0 Å². The van der Waals surface area contributed by atoms with Crippen LogP contribution >= 0.6 is 0 Å². The van der Waals surface area contributed by atoms with E-state index in [4.69, 9.17) is 11.5 Å². The first kappa shape index (κ1) is 30.8. The van der Waals surface area contributed by atoms with Gasteiger partial charge >= 0.3 is 5.97 Å². The Hall–Kier alpha value is -2.24. The molecule has 0 spiro atoms. The molecule has 0 fully saturated rings. The van der Waals surface area contributed by atoms with Crippen LogP contribution in [0.5, 0.6) is 0 Å². The van der Waals surface area contributed by atoms with Gasteiger partial charge in [0, 0.05) is 0 Å². The van der Waals surface area contributed by atoms with E-state index in [0.29, 0.717) is 25.8 Å². The Kier molecular flexibility index (Phi) is 14.5. The van der Waals surface area contributed by atoms with Crippen molar-refractivity contribution in [1.29, 1.82) is 0 Å². The third kappa shape index (κ3) is 11.4. The molecule has 0 aromatic rings. The fourth-order valence-corrected chi connectivity index (χ4v) is 3.16. The van der Waals surface area contributed by atoms with E-state index in [1.807, 2.05) is 20.8 Å². The van der Waals surface area contributed by atoms with Crippen molar-refractivity contribution in [2.24, 2.45) is 23.3 Å². The Balaban J connectivity index is 5.55. The molecule has 3 amide bonds. The molecular weight excluding hydrogens is 430 g/mol. The summed E-state index contributed by atoms with van der Waals surface area (Å²) in [5.41, 5.74) is 11.2. The lowest BCUT2D eigenvalue weighted by Crippen LogP contribution is -2.58. The maximum Gasteiger partial charge on any atom is 0.326 e.